The van der Waals surface area contributed by atoms with Gasteiger partial charge < -0.3 is 15.1 Å². The summed E-state index contributed by atoms with van der Waals surface area (Å²) in [6.45, 7) is 12.9. The predicted molar refractivity (Wildman–Crippen MR) is 70.9 cm³/mol. The Kier molecular flexibility index (Phi) is 7.01. The first-order chi connectivity index (χ1) is 7.76. The van der Waals surface area contributed by atoms with Gasteiger partial charge in [-0.2, -0.15) is 0 Å². The Morgan fingerprint density at radius 2 is 2.06 bits per heavy atom. The summed E-state index contributed by atoms with van der Waals surface area (Å²) in [5.74, 6) is 0.871. The Labute approximate surface area is 101 Å². The molecule has 0 radical (unpaired) electrons. The van der Waals surface area contributed by atoms with Crippen molar-refractivity contribution in [2.75, 3.05) is 52.9 Å². The van der Waals surface area contributed by atoms with Crippen molar-refractivity contribution < 1.29 is 0 Å². The molecule has 3 nitrogen and oxygen atoms in total. The Hall–Kier alpha value is -0.120. The third-order valence-electron chi connectivity index (χ3n) is 3.65. The van der Waals surface area contributed by atoms with Crippen LogP contribution in [-0.2, 0) is 0 Å². The van der Waals surface area contributed by atoms with E-state index in [1.54, 1.807) is 0 Å². The molecule has 0 bridgehead atoms. The van der Waals surface area contributed by atoms with Gasteiger partial charge in [0.1, 0.15) is 0 Å². The fourth-order valence-electron chi connectivity index (χ4n) is 2.52. The van der Waals surface area contributed by atoms with Crippen LogP contribution in [0.25, 0.3) is 0 Å². The SMILES string of the molecule is CCN(CC)CCNCC1CCCN(C)C1. The maximum atomic E-state index is 3.61. The Balaban J connectivity index is 2.02. The molecule has 0 aliphatic carbocycles. The fourth-order valence-corrected chi connectivity index (χ4v) is 2.52. The van der Waals surface area contributed by atoms with E-state index < -0.39 is 0 Å². The lowest BCUT2D eigenvalue weighted by Crippen LogP contribution is -2.39. The van der Waals surface area contributed by atoms with Crippen molar-refractivity contribution >= 4 is 0 Å². The minimum absolute atomic E-state index is 0.871. The van der Waals surface area contributed by atoms with Crippen LogP contribution in [0.2, 0.25) is 0 Å². The van der Waals surface area contributed by atoms with Crippen molar-refractivity contribution in [1.29, 1.82) is 0 Å². The monoisotopic (exact) mass is 227 g/mol. The highest BCUT2D eigenvalue weighted by Crippen LogP contribution is 2.13. The van der Waals surface area contributed by atoms with Crippen LogP contribution >= 0.6 is 0 Å². The van der Waals surface area contributed by atoms with Gasteiger partial charge in [0.15, 0.2) is 0 Å². The standard InChI is InChI=1S/C13H29N3/c1-4-16(5-2)10-8-14-11-13-7-6-9-15(3)12-13/h13-14H,4-12H2,1-3H3. The van der Waals surface area contributed by atoms with E-state index in [4.69, 9.17) is 0 Å². The maximum Gasteiger partial charge on any atom is 0.0107 e. The van der Waals surface area contributed by atoms with Crippen molar-refractivity contribution in [3.63, 3.8) is 0 Å². The molecule has 0 saturated carbocycles. The number of rotatable bonds is 7. The number of hydrogen-bond acceptors (Lipinski definition) is 3. The van der Waals surface area contributed by atoms with Gasteiger partial charge in [-0.15, -0.1) is 0 Å². The zero-order chi connectivity index (χ0) is 11.8. The first-order valence-electron chi connectivity index (χ1n) is 6.87. The van der Waals surface area contributed by atoms with Crippen molar-refractivity contribution in [2.24, 2.45) is 5.92 Å². The fraction of sp³-hybridized carbons (Fsp3) is 1.00. The second kappa shape index (κ2) is 8.04. The van der Waals surface area contributed by atoms with Gasteiger partial charge in [-0.05, 0) is 52.0 Å². The van der Waals surface area contributed by atoms with Crippen molar-refractivity contribution in [2.45, 2.75) is 26.7 Å². The van der Waals surface area contributed by atoms with Crippen molar-refractivity contribution in [1.82, 2.24) is 15.1 Å². The van der Waals surface area contributed by atoms with Gasteiger partial charge in [-0.3, -0.25) is 0 Å². The summed E-state index contributed by atoms with van der Waals surface area (Å²) in [5, 5.41) is 3.61. The van der Waals surface area contributed by atoms with Crippen LogP contribution in [0.5, 0.6) is 0 Å². The van der Waals surface area contributed by atoms with Crippen LogP contribution in [0, 0.1) is 5.92 Å². The molecule has 1 aliphatic rings. The van der Waals surface area contributed by atoms with E-state index in [1.807, 2.05) is 0 Å². The normalized spacial score (nSPS) is 22.9. The predicted octanol–water partition coefficient (Wildman–Crippen LogP) is 1.26. The molecule has 0 aromatic heterocycles. The van der Waals surface area contributed by atoms with Gasteiger partial charge in [0, 0.05) is 19.6 Å². The second-order valence-electron chi connectivity index (χ2n) is 5.00. The van der Waals surface area contributed by atoms with Crippen LogP contribution in [0.3, 0.4) is 0 Å². The molecule has 1 fully saturated rings. The van der Waals surface area contributed by atoms with Gasteiger partial charge in [-0.25, -0.2) is 0 Å². The first-order valence-corrected chi connectivity index (χ1v) is 6.87. The zero-order valence-electron chi connectivity index (χ0n) is 11.3. The summed E-state index contributed by atoms with van der Waals surface area (Å²) >= 11 is 0. The molecule has 0 aromatic carbocycles. The van der Waals surface area contributed by atoms with E-state index in [-0.39, 0.29) is 0 Å². The molecule has 1 unspecified atom stereocenters. The number of likely N-dealkylation sites (N-methyl/N-ethyl adjacent to an activating group) is 1. The minimum Gasteiger partial charge on any atom is -0.315 e. The lowest BCUT2D eigenvalue weighted by molar-refractivity contribution is 0.204. The number of nitrogens with zero attached hydrogens (tertiary/aromatic N) is 2. The molecule has 0 amide bonds. The van der Waals surface area contributed by atoms with Crippen LogP contribution < -0.4 is 5.32 Å². The molecule has 16 heavy (non-hydrogen) atoms. The second-order valence-corrected chi connectivity index (χ2v) is 5.00. The number of hydrogen-bond donors (Lipinski definition) is 1. The van der Waals surface area contributed by atoms with E-state index in [2.05, 4.69) is 36.0 Å². The van der Waals surface area contributed by atoms with Gasteiger partial charge in [0.2, 0.25) is 0 Å². The average Bonchev–Trinajstić information content (AvgIpc) is 2.29. The molecule has 1 saturated heterocycles. The third-order valence-corrected chi connectivity index (χ3v) is 3.65. The van der Waals surface area contributed by atoms with E-state index in [0.29, 0.717) is 0 Å². The minimum atomic E-state index is 0.871. The highest BCUT2D eigenvalue weighted by Gasteiger charge is 2.16. The van der Waals surface area contributed by atoms with Crippen LogP contribution in [0.1, 0.15) is 26.7 Å². The van der Waals surface area contributed by atoms with E-state index in [9.17, 15) is 0 Å². The zero-order valence-corrected chi connectivity index (χ0v) is 11.3. The highest BCUT2D eigenvalue weighted by atomic mass is 15.1. The lowest BCUT2D eigenvalue weighted by atomic mass is 9.98. The van der Waals surface area contributed by atoms with E-state index in [1.165, 1.54) is 52.1 Å². The molecular formula is C13H29N3. The van der Waals surface area contributed by atoms with Crippen LogP contribution in [0.15, 0.2) is 0 Å². The topological polar surface area (TPSA) is 18.5 Å². The van der Waals surface area contributed by atoms with E-state index >= 15 is 0 Å². The molecule has 1 atom stereocenters. The number of likely N-dealkylation sites (tertiary alicyclic amines) is 1. The van der Waals surface area contributed by atoms with Crippen LogP contribution in [-0.4, -0.2) is 62.7 Å². The smallest absolute Gasteiger partial charge is 0.0107 e. The van der Waals surface area contributed by atoms with Crippen LogP contribution in [0.4, 0.5) is 0 Å². The third kappa shape index (κ3) is 5.28. The Bertz CT molecular complexity index is 169. The molecule has 96 valence electrons. The molecular weight excluding hydrogens is 198 g/mol. The number of nitrogens with one attached hydrogen (secondary N) is 1. The van der Waals surface area contributed by atoms with Crippen molar-refractivity contribution in [3.8, 4) is 0 Å². The molecule has 3 heteroatoms. The lowest BCUT2D eigenvalue weighted by Gasteiger charge is -2.30. The average molecular weight is 227 g/mol. The van der Waals surface area contributed by atoms with Gasteiger partial charge >= 0.3 is 0 Å². The Morgan fingerprint density at radius 1 is 1.31 bits per heavy atom. The Morgan fingerprint density at radius 3 is 2.69 bits per heavy atom. The quantitative estimate of drug-likeness (QED) is 0.661. The molecule has 1 N–H and O–H groups in total. The van der Waals surface area contributed by atoms with E-state index in [0.717, 1.165) is 12.5 Å². The summed E-state index contributed by atoms with van der Waals surface area (Å²) in [6.07, 6.45) is 2.78. The molecule has 0 aromatic rings. The molecule has 1 aliphatic heterocycles. The number of piperidine rings is 1. The van der Waals surface area contributed by atoms with Gasteiger partial charge in [0.25, 0.3) is 0 Å². The largest absolute Gasteiger partial charge is 0.315 e. The summed E-state index contributed by atoms with van der Waals surface area (Å²) in [6, 6.07) is 0. The van der Waals surface area contributed by atoms with Crippen molar-refractivity contribution in [3.05, 3.63) is 0 Å². The summed E-state index contributed by atoms with van der Waals surface area (Å²) in [7, 11) is 2.24. The maximum absolute atomic E-state index is 3.61. The molecule has 1 rings (SSSR count). The molecule has 0 spiro atoms. The summed E-state index contributed by atoms with van der Waals surface area (Å²) in [5.41, 5.74) is 0. The molecule has 1 heterocycles. The summed E-state index contributed by atoms with van der Waals surface area (Å²) < 4.78 is 0. The van der Waals surface area contributed by atoms with Gasteiger partial charge in [-0.1, -0.05) is 13.8 Å². The first kappa shape index (κ1) is 13.9. The highest BCUT2D eigenvalue weighted by molar-refractivity contribution is 4.72. The van der Waals surface area contributed by atoms with Gasteiger partial charge in [0.05, 0.1) is 0 Å². The summed E-state index contributed by atoms with van der Waals surface area (Å²) in [4.78, 5) is 4.93.